The average molecular weight is 285 g/mol. The van der Waals surface area contributed by atoms with Crippen LogP contribution in [-0.2, 0) is 6.54 Å². The Balaban J connectivity index is 0.00000133. The SMILES string of the molecule is Cc1cc(F)ccc1CN1CC2CCC(N)C2C1.Cl. The Morgan fingerprint density at radius 3 is 2.79 bits per heavy atom. The molecule has 1 saturated heterocycles. The molecule has 0 bridgehead atoms. The van der Waals surface area contributed by atoms with E-state index in [0.29, 0.717) is 12.0 Å². The zero-order valence-electron chi connectivity index (χ0n) is 11.3. The summed E-state index contributed by atoms with van der Waals surface area (Å²) in [6.45, 7) is 5.20. The van der Waals surface area contributed by atoms with Crippen LogP contribution < -0.4 is 5.73 Å². The van der Waals surface area contributed by atoms with E-state index in [2.05, 4.69) is 4.90 Å². The molecule has 2 aliphatic rings. The van der Waals surface area contributed by atoms with Gasteiger partial charge < -0.3 is 5.73 Å². The summed E-state index contributed by atoms with van der Waals surface area (Å²) in [5, 5.41) is 0. The smallest absolute Gasteiger partial charge is 0.123 e. The highest BCUT2D eigenvalue weighted by Gasteiger charge is 2.40. The number of halogens is 2. The molecule has 1 aromatic rings. The van der Waals surface area contributed by atoms with Gasteiger partial charge in [-0.05, 0) is 54.9 Å². The number of hydrogen-bond acceptors (Lipinski definition) is 2. The van der Waals surface area contributed by atoms with E-state index in [4.69, 9.17) is 5.73 Å². The molecule has 1 heterocycles. The molecule has 1 saturated carbocycles. The molecular weight excluding hydrogens is 263 g/mol. The van der Waals surface area contributed by atoms with Gasteiger partial charge in [0.05, 0.1) is 0 Å². The number of nitrogens with zero attached hydrogens (tertiary/aromatic N) is 1. The highest BCUT2D eigenvalue weighted by Crippen LogP contribution is 2.37. The Morgan fingerprint density at radius 2 is 2.11 bits per heavy atom. The third-order valence-corrected chi connectivity index (χ3v) is 4.69. The largest absolute Gasteiger partial charge is 0.327 e. The van der Waals surface area contributed by atoms with Crippen molar-refractivity contribution in [3.63, 3.8) is 0 Å². The van der Waals surface area contributed by atoms with Crippen LogP contribution in [0.4, 0.5) is 4.39 Å². The van der Waals surface area contributed by atoms with Crippen molar-refractivity contribution in [2.24, 2.45) is 17.6 Å². The molecule has 4 heteroatoms. The molecule has 1 aliphatic carbocycles. The maximum atomic E-state index is 13.1. The standard InChI is InChI=1S/C15H21FN2.ClH/c1-10-6-13(16)4-2-11(10)7-18-8-12-3-5-15(17)14(12)9-18;/h2,4,6,12,14-15H,3,5,7-9,17H2,1H3;1H. The fourth-order valence-corrected chi connectivity index (χ4v) is 3.61. The Labute approximate surface area is 120 Å². The van der Waals surface area contributed by atoms with Crippen LogP contribution in [0.3, 0.4) is 0 Å². The zero-order chi connectivity index (χ0) is 12.7. The number of rotatable bonds is 2. The summed E-state index contributed by atoms with van der Waals surface area (Å²) < 4.78 is 13.1. The summed E-state index contributed by atoms with van der Waals surface area (Å²) in [5.74, 6) is 1.34. The Kier molecular flexibility index (Phi) is 4.49. The minimum Gasteiger partial charge on any atom is -0.327 e. The lowest BCUT2D eigenvalue weighted by Gasteiger charge is -2.19. The first-order valence-corrected chi connectivity index (χ1v) is 6.86. The molecule has 3 rings (SSSR count). The van der Waals surface area contributed by atoms with Gasteiger partial charge in [-0.3, -0.25) is 4.90 Å². The number of likely N-dealkylation sites (tertiary alicyclic amines) is 1. The first kappa shape index (κ1) is 14.8. The molecule has 0 aromatic heterocycles. The second-order valence-electron chi connectivity index (χ2n) is 5.93. The van der Waals surface area contributed by atoms with Gasteiger partial charge in [0.25, 0.3) is 0 Å². The Bertz CT molecular complexity index is 452. The van der Waals surface area contributed by atoms with Crippen molar-refractivity contribution in [2.45, 2.75) is 32.4 Å². The second-order valence-corrected chi connectivity index (χ2v) is 5.93. The summed E-state index contributed by atoms with van der Waals surface area (Å²) in [6.07, 6.45) is 2.48. The van der Waals surface area contributed by atoms with Crippen molar-refractivity contribution in [3.8, 4) is 0 Å². The highest BCUT2D eigenvalue weighted by atomic mass is 35.5. The molecule has 19 heavy (non-hydrogen) atoms. The fourth-order valence-electron chi connectivity index (χ4n) is 3.61. The summed E-state index contributed by atoms with van der Waals surface area (Å²) >= 11 is 0. The number of fused-ring (bicyclic) bond motifs is 1. The van der Waals surface area contributed by atoms with Gasteiger partial charge in [-0.1, -0.05) is 6.07 Å². The predicted octanol–water partition coefficient (Wildman–Crippen LogP) is 2.73. The Morgan fingerprint density at radius 1 is 1.32 bits per heavy atom. The molecule has 3 atom stereocenters. The minimum absolute atomic E-state index is 0. The van der Waals surface area contributed by atoms with Gasteiger partial charge >= 0.3 is 0 Å². The third kappa shape index (κ3) is 2.93. The molecule has 0 spiro atoms. The quantitative estimate of drug-likeness (QED) is 0.905. The van der Waals surface area contributed by atoms with Crippen LogP contribution in [0.1, 0.15) is 24.0 Å². The molecule has 2 nitrogen and oxygen atoms in total. The van der Waals surface area contributed by atoms with Crippen molar-refractivity contribution in [3.05, 3.63) is 35.1 Å². The lowest BCUT2D eigenvalue weighted by molar-refractivity contribution is 0.297. The van der Waals surface area contributed by atoms with Gasteiger partial charge in [0.2, 0.25) is 0 Å². The summed E-state index contributed by atoms with van der Waals surface area (Å²) in [7, 11) is 0. The molecule has 2 fully saturated rings. The van der Waals surface area contributed by atoms with Crippen molar-refractivity contribution < 1.29 is 4.39 Å². The van der Waals surface area contributed by atoms with Gasteiger partial charge in [0.1, 0.15) is 5.82 Å². The van der Waals surface area contributed by atoms with Crippen molar-refractivity contribution >= 4 is 12.4 Å². The maximum absolute atomic E-state index is 13.1. The molecule has 0 radical (unpaired) electrons. The van der Waals surface area contributed by atoms with Gasteiger partial charge in [-0.2, -0.15) is 0 Å². The highest BCUT2D eigenvalue weighted by molar-refractivity contribution is 5.85. The summed E-state index contributed by atoms with van der Waals surface area (Å²) in [6, 6.07) is 5.50. The van der Waals surface area contributed by atoms with Crippen LogP contribution in [0.15, 0.2) is 18.2 Å². The van der Waals surface area contributed by atoms with Crippen LogP contribution in [0, 0.1) is 24.6 Å². The van der Waals surface area contributed by atoms with E-state index in [1.807, 2.05) is 13.0 Å². The minimum atomic E-state index is -0.142. The average Bonchev–Trinajstić information content (AvgIpc) is 2.86. The topological polar surface area (TPSA) is 29.3 Å². The van der Waals surface area contributed by atoms with Crippen LogP contribution in [0.2, 0.25) is 0 Å². The van der Waals surface area contributed by atoms with E-state index >= 15 is 0 Å². The van der Waals surface area contributed by atoms with Gasteiger partial charge in [-0.25, -0.2) is 4.39 Å². The van der Waals surface area contributed by atoms with Crippen LogP contribution >= 0.6 is 12.4 Å². The van der Waals surface area contributed by atoms with Crippen LogP contribution in [0.25, 0.3) is 0 Å². The molecule has 1 aliphatic heterocycles. The number of hydrogen-bond donors (Lipinski definition) is 1. The fraction of sp³-hybridized carbons (Fsp3) is 0.600. The van der Waals surface area contributed by atoms with Crippen molar-refractivity contribution in [1.82, 2.24) is 4.90 Å². The van der Waals surface area contributed by atoms with E-state index in [0.717, 1.165) is 31.1 Å². The maximum Gasteiger partial charge on any atom is 0.123 e. The van der Waals surface area contributed by atoms with Gasteiger partial charge in [0.15, 0.2) is 0 Å². The van der Waals surface area contributed by atoms with E-state index in [9.17, 15) is 4.39 Å². The van der Waals surface area contributed by atoms with Crippen LogP contribution in [-0.4, -0.2) is 24.0 Å². The van der Waals surface area contributed by atoms with Gasteiger partial charge in [0, 0.05) is 25.7 Å². The number of nitrogens with two attached hydrogens (primary N) is 1. The molecule has 2 N–H and O–H groups in total. The number of aryl methyl sites for hydroxylation is 1. The molecule has 1 aromatic carbocycles. The first-order chi connectivity index (χ1) is 8.63. The lowest BCUT2D eigenvalue weighted by Crippen LogP contribution is -2.30. The third-order valence-electron chi connectivity index (χ3n) is 4.69. The van der Waals surface area contributed by atoms with E-state index in [1.54, 1.807) is 12.1 Å². The van der Waals surface area contributed by atoms with Crippen molar-refractivity contribution in [2.75, 3.05) is 13.1 Å². The van der Waals surface area contributed by atoms with E-state index < -0.39 is 0 Å². The summed E-state index contributed by atoms with van der Waals surface area (Å²) in [5.41, 5.74) is 8.44. The normalized spacial score (nSPS) is 30.2. The van der Waals surface area contributed by atoms with E-state index in [1.165, 1.54) is 18.4 Å². The zero-order valence-corrected chi connectivity index (χ0v) is 12.1. The summed E-state index contributed by atoms with van der Waals surface area (Å²) in [4.78, 5) is 2.48. The first-order valence-electron chi connectivity index (χ1n) is 6.86. The van der Waals surface area contributed by atoms with E-state index in [-0.39, 0.29) is 18.2 Å². The Hall–Kier alpha value is -0.640. The molecular formula is C15H22ClFN2. The predicted molar refractivity (Wildman–Crippen MR) is 77.9 cm³/mol. The van der Waals surface area contributed by atoms with Crippen molar-refractivity contribution in [1.29, 1.82) is 0 Å². The van der Waals surface area contributed by atoms with Gasteiger partial charge in [-0.15, -0.1) is 12.4 Å². The lowest BCUT2D eigenvalue weighted by atomic mass is 9.98. The van der Waals surface area contributed by atoms with Crippen LogP contribution in [0.5, 0.6) is 0 Å². The number of benzene rings is 1. The molecule has 0 amide bonds. The molecule has 106 valence electrons. The monoisotopic (exact) mass is 284 g/mol. The molecule has 3 unspecified atom stereocenters. The second kappa shape index (κ2) is 5.78.